The fraction of sp³-hybridized carbons (Fsp3) is 0.800. The van der Waals surface area contributed by atoms with Crippen LogP contribution in [0.25, 0.3) is 0 Å². The van der Waals surface area contributed by atoms with E-state index < -0.39 is 0 Å². The van der Waals surface area contributed by atoms with Gasteiger partial charge in [0, 0.05) is 0 Å². The fourth-order valence-electron chi connectivity index (χ4n) is 1.82. The van der Waals surface area contributed by atoms with Gasteiger partial charge in [-0.25, -0.2) is 0 Å². The zero-order chi connectivity index (χ0) is 8.65. The SMILES string of the molecule is C=C1C[C@@H](O)[C@@H](C)CC1(C)C. The van der Waals surface area contributed by atoms with Gasteiger partial charge in [0.2, 0.25) is 0 Å². The molecule has 64 valence electrons. The Balaban J connectivity index is 2.71. The van der Waals surface area contributed by atoms with E-state index in [0.717, 1.165) is 12.8 Å². The van der Waals surface area contributed by atoms with Gasteiger partial charge in [-0.2, -0.15) is 0 Å². The Kier molecular flexibility index (Phi) is 2.10. The maximum atomic E-state index is 9.52. The highest BCUT2D eigenvalue weighted by atomic mass is 16.3. The third-order valence-electron chi connectivity index (χ3n) is 2.90. The molecule has 1 N–H and O–H groups in total. The largest absolute Gasteiger partial charge is 0.393 e. The molecular weight excluding hydrogens is 136 g/mol. The minimum absolute atomic E-state index is 0.157. The molecule has 1 aliphatic carbocycles. The molecule has 0 spiro atoms. The second-order valence-corrected chi connectivity index (χ2v) is 4.44. The molecule has 0 aromatic rings. The second-order valence-electron chi connectivity index (χ2n) is 4.44. The van der Waals surface area contributed by atoms with Crippen molar-refractivity contribution in [2.75, 3.05) is 0 Å². The molecule has 0 radical (unpaired) electrons. The smallest absolute Gasteiger partial charge is 0.0603 e. The van der Waals surface area contributed by atoms with Crippen LogP contribution >= 0.6 is 0 Å². The molecule has 0 amide bonds. The summed E-state index contributed by atoms with van der Waals surface area (Å²) in [7, 11) is 0. The van der Waals surface area contributed by atoms with Gasteiger partial charge in [-0.05, 0) is 24.2 Å². The van der Waals surface area contributed by atoms with Crippen LogP contribution in [-0.2, 0) is 0 Å². The molecule has 0 heterocycles. The molecule has 1 aliphatic rings. The minimum atomic E-state index is -0.157. The Hall–Kier alpha value is -0.300. The van der Waals surface area contributed by atoms with E-state index in [4.69, 9.17) is 0 Å². The summed E-state index contributed by atoms with van der Waals surface area (Å²) in [6, 6.07) is 0. The first kappa shape index (κ1) is 8.79. The van der Waals surface area contributed by atoms with Crippen LogP contribution in [-0.4, -0.2) is 11.2 Å². The first-order valence-electron chi connectivity index (χ1n) is 4.30. The lowest BCUT2D eigenvalue weighted by Gasteiger charge is -2.39. The molecule has 0 aromatic carbocycles. The number of hydrogen-bond acceptors (Lipinski definition) is 1. The molecule has 11 heavy (non-hydrogen) atoms. The number of aliphatic hydroxyl groups excluding tert-OH is 1. The monoisotopic (exact) mass is 154 g/mol. The third kappa shape index (κ3) is 1.64. The predicted molar refractivity (Wildman–Crippen MR) is 47.3 cm³/mol. The van der Waals surface area contributed by atoms with Crippen LogP contribution in [0.3, 0.4) is 0 Å². The number of aliphatic hydroxyl groups is 1. The summed E-state index contributed by atoms with van der Waals surface area (Å²) in [5, 5.41) is 9.52. The van der Waals surface area contributed by atoms with E-state index in [-0.39, 0.29) is 11.5 Å². The Bertz CT molecular complexity index is 170. The molecule has 0 saturated heterocycles. The first-order chi connectivity index (χ1) is 4.93. The topological polar surface area (TPSA) is 20.2 Å². The van der Waals surface area contributed by atoms with Crippen molar-refractivity contribution in [3.8, 4) is 0 Å². The molecule has 1 heteroatoms. The second kappa shape index (κ2) is 2.63. The van der Waals surface area contributed by atoms with Gasteiger partial charge in [0.1, 0.15) is 0 Å². The van der Waals surface area contributed by atoms with E-state index in [1.807, 2.05) is 0 Å². The normalized spacial score (nSPS) is 37.3. The van der Waals surface area contributed by atoms with Crippen molar-refractivity contribution >= 4 is 0 Å². The van der Waals surface area contributed by atoms with Gasteiger partial charge in [0.05, 0.1) is 6.10 Å². The summed E-state index contributed by atoms with van der Waals surface area (Å²) < 4.78 is 0. The molecule has 0 unspecified atom stereocenters. The van der Waals surface area contributed by atoms with Crippen molar-refractivity contribution in [3.63, 3.8) is 0 Å². The van der Waals surface area contributed by atoms with E-state index in [1.54, 1.807) is 0 Å². The molecule has 1 rings (SSSR count). The van der Waals surface area contributed by atoms with Crippen LogP contribution in [0, 0.1) is 11.3 Å². The van der Waals surface area contributed by atoms with Gasteiger partial charge >= 0.3 is 0 Å². The van der Waals surface area contributed by atoms with E-state index in [1.165, 1.54) is 5.57 Å². The molecule has 1 nitrogen and oxygen atoms in total. The summed E-state index contributed by atoms with van der Waals surface area (Å²) in [5.41, 5.74) is 1.43. The zero-order valence-corrected chi connectivity index (χ0v) is 7.72. The van der Waals surface area contributed by atoms with Crippen molar-refractivity contribution in [1.82, 2.24) is 0 Å². The van der Waals surface area contributed by atoms with Crippen molar-refractivity contribution < 1.29 is 5.11 Å². The minimum Gasteiger partial charge on any atom is -0.393 e. The molecule has 2 atom stereocenters. The van der Waals surface area contributed by atoms with Gasteiger partial charge in [-0.1, -0.05) is 32.9 Å². The lowest BCUT2D eigenvalue weighted by molar-refractivity contribution is 0.0641. The van der Waals surface area contributed by atoms with E-state index in [0.29, 0.717) is 5.92 Å². The van der Waals surface area contributed by atoms with Crippen LogP contribution in [0.5, 0.6) is 0 Å². The Morgan fingerprint density at radius 1 is 1.55 bits per heavy atom. The maximum absolute atomic E-state index is 9.52. The number of rotatable bonds is 0. The van der Waals surface area contributed by atoms with E-state index >= 15 is 0 Å². The summed E-state index contributed by atoms with van der Waals surface area (Å²) in [6.45, 7) is 10.5. The van der Waals surface area contributed by atoms with Gasteiger partial charge < -0.3 is 5.11 Å². The van der Waals surface area contributed by atoms with Crippen LogP contribution in [0.1, 0.15) is 33.6 Å². The van der Waals surface area contributed by atoms with Gasteiger partial charge in [-0.3, -0.25) is 0 Å². The van der Waals surface area contributed by atoms with Crippen LogP contribution in [0.15, 0.2) is 12.2 Å². The van der Waals surface area contributed by atoms with Crippen LogP contribution in [0.2, 0.25) is 0 Å². The average molecular weight is 154 g/mol. The molecule has 0 aliphatic heterocycles. The first-order valence-corrected chi connectivity index (χ1v) is 4.30. The predicted octanol–water partition coefficient (Wildman–Crippen LogP) is 2.36. The molecule has 1 saturated carbocycles. The van der Waals surface area contributed by atoms with Gasteiger partial charge in [0.25, 0.3) is 0 Å². The third-order valence-corrected chi connectivity index (χ3v) is 2.90. The van der Waals surface area contributed by atoms with E-state index in [2.05, 4.69) is 27.4 Å². The fourth-order valence-corrected chi connectivity index (χ4v) is 1.82. The average Bonchev–Trinajstić information content (AvgIpc) is 1.83. The molecule has 0 bridgehead atoms. The van der Waals surface area contributed by atoms with Crippen molar-refractivity contribution in [3.05, 3.63) is 12.2 Å². The molecule has 1 fully saturated rings. The summed E-state index contributed by atoms with van der Waals surface area (Å²) in [5.74, 6) is 0.426. The Morgan fingerprint density at radius 3 is 2.55 bits per heavy atom. The summed E-state index contributed by atoms with van der Waals surface area (Å²) in [4.78, 5) is 0. The van der Waals surface area contributed by atoms with Gasteiger partial charge in [0.15, 0.2) is 0 Å². The standard InChI is InChI=1S/C10H18O/c1-7-6-10(3,4)8(2)5-9(7)11/h7,9,11H,2,5-6H2,1,3-4H3/t7-,9+/m0/s1. The molecular formula is C10H18O. The van der Waals surface area contributed by atoms with Crippen molar-refractivity contribution in [2.24, 2.45) is 11.3 Å². The lowest BCUT2D eigenvalue weighted by atomic mass is 9.69. The quantitative estimate of drug-likeness (QED) is 0.531. The lowest BCUT2D eigenvalue weighted by Crippen LogP contribution is -2.33. The van der Waals surface area contributed by atoms with Crippen molar-refractivity contribution in [2.45, 2.75) is 39.7 Å². The Labute approximate surface area is 69.1 Å². The summed E-state index contributed by atoms with van der Waals surface area (Å²) >= 11 is 0. The highest BCUT2D eigenvalue weighted by Gasteiger charge is 2.33. The van der Waals surface area contributed by atoms with Crippen LogP contribution < -0.4 is 0 Å². The maximum Gasteiger partial charge on any atom is 0.0603 e. The van der Waals surface area contributed by atoms with Crippen molar-refractivity contribution in [1.29, 1.82) is 0 Å². The highest BCUT2D eigenvalue weighted by Crippen LogP contribution is 2.41. The Morgan fingerprint density at radius 2 is 2.09 bits per heavy atom. The van der Waals surface area contributed by atoms with E-state index in [9.17, 15) is 5.11 Å². The highest BCUT2D eigenvalue weighted by molar-refractivity contribution is 5.12. The number of hydrogen-bond donors (Lipinski definition) is 1. The van der Waals surface area contributed by atoms with Crippen LogP contribution in [0.4, 0.5) is 0 Å². The molecule has 0 aromatic heterocycles. The zero-order valence-electron chi connectivity index (χ0n) is 7.72. The summed E-state index contributed by atoms with van der Waals surface area (Å²) in [6.07, 6.45) is 1.69. The van der Waals surface area contributed by atoms with Gasteiger partial charge in [-0.15, -0.1) is 0 Å².